The van der Waals surface area contributed by atoms with E-state index in [1.807, 2.05) is 11.9 Å². The van der Waals surface area contributed by atoms with Gasteiger partial charge in [-0.25, -0.2) is 14.8 Å². The molecule has 2 amide bonds. The van der Waals surface area contributed by atoms with Crippen LogP contribution in [0.5, 0.6) is 0 Å². The molecule has 1 aromatic carbocycles. The topological polar surface area (TPSA) is 202 Å². The van der Waals surface area contributed by atoms with Gasteiger partial charge in [0.05, 0.1) is 18.4 Å². The Hall–Kier alpha value is -4.26. The summed E-state index contributed by atoms with van der Waals surface area (Å²) in [5.41, 5.74) is 13.9. The van der Waals surface area contributed by atoms with Gasteiger partial charge in [-0.15, -0.1) is 11.6 Å². The van der Waals surface area contributed by atoms with Gasteiger partial charge in [0.1, 0.15) is 11.9 Å². The fourth-order valence-corrected chi connectivity index (χ4v) is 3.60. The summed E-state index contributed by atoms with van der Waals surface area (Å²) in [5, 5.41) is 14.6. The Labute approximate surface area is 217 Å². The van der Waals surface area contributed by atoms with Crippen LogP contribution in [0, 0.1) is 0 Å². The molecule has 14 heteroatoms. The third kappa shape index (κ3) is 7.61. The highest BCUT2D eigenvalue weighted by Gasteiger charge is 2.20. The first kappa shape index (κ1) is 27.3. The first-order chi connectivity index (χ1) is 17.7. The first-order valence-corrected chi connectivity index (χ1v) is 11.9. The van der Waals surface area contributed by atoms with Crippen molar-refractivity contribution >= 4 is 58.0 Å². The maximum absolute atomic E-state index is 12.6. The van der Waals surface area contributed by atoms with Gasteiger partial charge >= 0.3 is 5.97 Å². The molecule has 1 atom stereocenters. The maximum atomic E-state index is 12.6. The molecule has 0 bridgehead atoms. The molecule has 0 aliphatic heterocycles. The van der Waals surface area contributed by atoms with E-state index in [9.17, 15) is 19.5 Å². The number of aromatic nitrogens is 4. The smallest absolute Gasteiger partial charge is 0.326 e. The molecule has 3 aromatic rings. The Morgan fingerprint density at radius 2 is 1.84 bits per heavy atom. The quantitative estimate of drug-likeness (QED) is 0.165. The van der Waals surface area contributed by atoms with Crippen molar-refractivity contribution in [1.29, 1.82) is 0 Å². The molecule has 0 saturated carbocycles. The van der Waals surface area contributed by atoms with Gasteiger partial charge in [-0.1, -0.05) is 0 Å². The number of aliphatic carboxylic acids is 1. The van der Waals surface area contributed by atoms with Crippen LogP contribution in [-0.2, 0) is 16.1 Å². The van der Waals surface area contributed by atoms with E-state index in [1.165, 1.54) is 0 Å². The molecular formula is C23H28ClN9O4. The van der Waals surface area contributed by atoms with Crippen molar-refractivity contribution in [1.82, 2.24) is 30.6 Å². The number of rotatable bonds is 12. The molecule has 13 nitrogen and oxygen atoms in total. The van der Waals surface area contributed by atoms with E-state index in [2.05, 4.69) is 30.6 Å². The second-order valence-corrected chi connectivity index (χ2v) is 8.51. The number of benzene rings is 1. The number of hydrogen-bond donors (Lipinski definition) is 5. The van der Waals surface area contributed by atoms with Gasteiger partial charge in [-0.2, -0.15) is 9.97 Å². The third-order valence-corrected chi connectivity index (χ3v) is 5.68. The van der Waals surface area contributed by atoms with Crippen LogP contribution in [0.2, 0.25) is 0 Å². The van der Waals surface area contributed by atoms with E-state index >= 15 is 0 Å². The summed E-state index contributed by atoms with van der Waals surface area (Å²) in [6.07, 6.45) is 2.88. The summed E-state index contributed by atoms with van der Waals surface area (Å²) in [5.74, 6) is -1.86. The largest absolute Gasteiger partial charge is 0.480 e. The van der Waals surface area contributed by atoms with Crippen molar-refractivity contribution in [3.05, 3.63) is 41.7 Å². The highest BCUT2D eigenvalue weighted by molar-refractivity contribution is 6.27. The average Bonchev–Trinajstić information content (AvgIpc) is 2.87. The molecule has 0 fully saturated rings. The van der Waals surface area contributed by atoms with E-state index < -0.39 is 17.9 Å². The van der Waals surface area contributed by atoms with Gasteiger partial charge in [0, 0.05) is 24.8 Å². The molecular weight excluding hydrogens is 502 g/mol. The number of unbranched alkanes of at least 4 members (excludes halogenated alkanes) is 1. The average molecular weight is 530 g/mol. The minimum Gasteiger partial charge on any atom is -0.480 e. The predicted molar refractivity (Wildman–Crippen MR) is 139 cm³/mol. The molecule has 7 N–H and O–H groups in total. The minimum absolute atomic E-state index is 0.0241. The van der Waals surface area contributed by atoms with Crippen LogP contribution in [0.25, 0.3) is 11.2 Å². The highest BCUT2D eigenvalue weighted by Crippen LogP contribution is 2.19. The molecule has 2 heterocycles. The summed E-state index contributed by atoms with van der Waals surface area (Å²) in [4.78, 5) is 53.9. The van der Waals surface area contributed by atoms with Gasteiger partial charge in [0.25, 0.3) is 5.91 Å². The number of nitrogens with zero attached hydrogens (tertiary/aromatic N) is 5. The second-order valence-electron chi connectivity index (χ2n) is 8.25. The zero-order chi connectivity index (χ0) is 26.9. The van der Waals surface area contributed by atoms with Crippen LogP contribution >= 0.6 is 11.6 Å². The van der Waals surface area contributed by atoms with Crippen molar-refractivity contribution in [2.45, 2.75) is 31.8 Å². The van der Waals surface area contributed by atoms with E-state index in [4.69, 9.17) is 23.1 Å². The summed E-state index contributed by atoms with van der Waals surface area (Å²) < 4.78 is 0. The fraction of sp³-hybridized carbons (Fsp3) is 0.348. The second kappa shape index (κ2) is 12.6. The number of carbonyl (C=O) groups is 3. The number of anilines is 3. The lowest BCUT2D eigenvalue weighted by Gasteiger charge is -2.19. The van der Waals surface area contributed by atoms with Crippen LogP contribution < -0.4 is 27.0 Å². The number of carboxylic acids is 1. The SMILES string of the molecule is CN(Cc1cnc2nc(N)nc(N)c2n1)c1ccc(C(=O)NC(CCCCNC(=O)CCl)C(=O)O)cc1. The fourth-order valence-electron chi connectivity index (χ4n) is 3.51. The van der Waals surface area contributed by atoms with Crippen LogP contribution in [0.1, 0.15) is 35.3 Å². The van der Waals surface area contributed by atoms with Crippen molar-refractivity contribution in [2.24, 2.45) is 0 Å². The normalized spacial score (nSPS) is 11.6. The van der Waals surface area contributed by atoms with E-state index in [1.54, 1.807) is 30.5 Å². The van der Waals surface area contributed by atoms with Crippen molar-refractivity contribution in [3.63, 3.8) is 0 Å². The monoisotopic (exact) mass is 529 g/mol. The summed E-state index contributed by atoms with van der Waals surface area (Å²) in [6.45, 7) is 0.784. The predicted octanol–water partition coefficient (Wildman–Crippen LogP) is 0.929. The molecule has 3 rings (SSSR count). The van der Waals surface area contributed by atoms with Crippen molar-refractivity contribution in [2.75, 3.05) is 35.8 Å². The Kier molecular flexibility index (Phi) is 9.33. The van der Waals surface area contributed by atoms with E-state index in [-0.39, 0.29) is 30.0 Å². The van der Waals surface area contributed by atoms with E-state index in [0.717, 1.165) is 5.69 Å². The molecule has 0 spiro atoms. The van der Waals surface area contributed by atoms with Crippen molar-refractivity contribution in [3.8, 4) is 0 Å². The number of amides is 2. The lowest BCUT2D eigenvalue weighted by Crippen LogP contribution is -2.40. The van der Waals surface area contributed by atoms with Crippen LogP contribution in [0.3, 0.4) is 0 Å². The summed E-state index contributed by atoms with van der Waals surface area (Å²) >= 11 is 5.41. The number of hydrogen-bond acceptors (Lipinski definition) is 10. The number of nitrogen functional groups attached to an aromatic ring is 2. The lowest BCUT2D eigenvalue weighted by atomic mass is 10.1. The first-order valence-electron chi connectivity index (χ1n) is 11.4. The van der Waals surface area contributed by atoms with Crippen molar-refractivity contribution < 1.29 is 19.5 Å². The molecule has 196 valence electrons. The molecule has 0 aliphatic rings. The van der Waals surface area contributed by atoms with Gasteiger partial charge in [-0.05, 0) is 43.5 Å². The highest BCUT2D eigenvalue weighted by atomic mass is 35.5. The minimum atomic E-state index is -1.13. The zero-order valence-electron chi connectivity index (χ0n) is 20.1. The molecule has 1 unspecified atom stereocenters. The summed E-state index contributed by atoms with van der Waals surface area (Å²) in [6, 6.07) is 5.68. The number of halogens is 1. The van der Waals surface area contributed by atoms with Crippen LogP contribution in [0.15, 0.2) is 30.5 Å². The number of nitrogens with two attached hydrogens (primary N) is 2. The Morgan fingerprint density at radius 1 is 1.11 bits per heavy atom. The molecule has 0 radical (unpaired) electrons. The molecule has 0 saturated heterocycles. The molecule has 37 heavy (non-hydrogen) atoms. The third-order valence-electron chi connectivity index (χ3n) is 5.44. The standard InChI is InChI=1S/C23H28ClN9O4/c1-33(12-14-11-28-20-18(29-14)19(25)31-23(26)32-20)15-7-5-13(6-8-15)21(35)30-16(22(36)37)4-2-3-9-27-17(34)10-24/h5-8,11,16H,2-4,9-10,12H2,1H3,(H,27,34)(H,30,35)(H,36,37)(H4,25,26,28,31,32). The van der Waals surface area contributed by atoms with Crippen LogP contribution in [-0.4, -0.2) is 68.3 Å². The van der Waals surface area contributed by atoms with Gasteiger partial charge in [0.2, 0.25) is 11.9 Å². The number of carboxylic acid groups (broad SMARTS) is 1. The lowest BCUT2D eigenvalue weighted by molar-refractivity contribution is -0.139. The number of nitrogens with one attached hydrogen (secondary N) is 2. The van der Waals surface area contributed by atoms with E-state index in [0.29, 0.717) is 48.4 Å². The number of carbonyl (C=O) groups excluding carboxylic acids is 2. The zero-order valence-corrected chi connectivity index (χ0v) is 20.9. The molecule has 0 aliphatic carbocycles. The molecule has 2 aromatic heterocycles. The Bertz CT molecular complexity index is 1270. The Balaban J connectivity index is 1.57. The summed E-state index contributed by atoms with van der Waals surface area (Å²) in [7, 11) is 1.85. The van der Waals surface area contributed by atoms with Gasteiger partial charge in [-0.3, -0.25) is 9.59 Å². The van der Waals surface area contributed by atoms with Gasteiger partial charge in [0.15, 0.2) is 17.0 Å². The van der Waals surface area contributed by atoms with Gasteiger partial charge < -0.3 is 32.1 Å². The Morgan fingerprint density at radius 3 is 2.51 bits per heavy atom. The number of alkyl halides is 1. The van der Waals surface area contributed by atoms with Crippen LogP contribution in [0.4, 0.5) is 17.5 Å². The maximum Gasteiger partial charge on any atom is 0.326 e. The number of fused-ring (bicyclic) bond motifs is 1.